The molecular formula is C12H16Cl2N2O3. The minimum absolute atomic E-state index is 0.187. The molecule has 7 heteroatoms. The number of carbonyl (C=O) groups excluding carboxylic acids is 1. The van der Waals surface area contributed by atoms with Crippen LogP contribution >= 0.6 is 23.2 Å². The molecule has 5 nitrogen and oxygen atoms in total. The minimum atomic E-state index is -0.423. The molecule has 0 aromatic heterocycles. The van der Waals surface area contributed by atoms with Crippen LogP contribution in [0, 0.1) is 0 Å². The van der Waals surface area contributed by atoms with Crippen LogP contribution in [0.25, 0.3) is 0 Å². The number of carbonyl (C=O) groups is 1. The Hall–Kier alpha value is -1.04. The highest BCUT2D eigenvalue weighted by atomic mass is 35.5. The summed E-state index contributed by atoms with van der Waals surface area (Å²) >= 11 is 11.5. The molecule has 1 atom stereocenters. The van der Waals surface area contributed by atoms with E-state index in [0.717, 1.165) is 0 Å². The molecule has 106 valence electrons. The molecule has 1 unspecified atom stereocenters. The SMILES string of the molecule is C=C(/C=C(Cl)\N=C(/C)Cl)N1COCCC1C(=O)OC. The Morgan fingerprint density at radius 1 is 1.58 bits per heavy atom. The van der Waals surface area contributed by atoms with E-state index in [1.165, 1.54) is 13.2 Å². The van der Waals surface area contributed by atoms with E-state index in [4.69, 9.17) is 32.7 Å². The van der Waals surface area contributed by atoms with E-state index >= 15 is 0 Å². The Bertz CT molecular complexity index is 417. The fourth-order valence-electron chi connectivity index (χ4n) is 1.67. The van der Waals surface area contributed by atoms with E-state index in [9.17, 15) is 4.79 Å². The highest BCUT2D eigenvalue weighted by molar-refractivity contribution is 6.65. The number of aliphatic imine (C=N–C) groups is 1. The van der Waals surface area contributed by atoms with E-state index in [2.05, 4.69) is 11.6 Å². The lowest BCUT2D eigenvalue weighted by Gasteiger charge is -2.35. The maximum atomic E-state index is 11.7. The van der Waals surface area contributed by atoms with E-state index < -0.39 is 6.04 Å². The molecule has 1 aliphatic rings. The Balaban J connectivity index is 2.83. The first-order chi connectivity index (χ1) is 8.95. The van der Waals surface area contributed by atoms with E-state index in [1.54, 1.807) is 11.8 Å². The normalized spacial score (nSPS) is 21.3. The molecular weight excluding hydrogens is 291 g/mol. The second-order valence-electron chi connectivity index (χ2n) is 3.90. The van der Waals surface area contributed by atoms with Gasteiger partial charge in [0.25, 0.3) is 0 Å². The van der Waals surface area contributed by atoms with Crippen molar-refractivity contribution in [3.05, 3.63) is 23.5 Å². The van der Waals surface area contributed by atoms with Crippen molar-refractivity contribution in [1.29, 1.82) is 0 Å². The summed E-state index contributed by atoms with van der Waals surface area (Å²) < 4.78 is 10.1. The van der Waals surface area contributed by atoms with Crippen molar-refractivity contribution in [2.45, 2.75) is 19.4 Å². The van der Waals surface area contributed by atoms with E-state index in [1.807, 2.05) is 0 Å². The summed E-state index contributed by atoms with van der Waals surface area (Å²) in [5.74, 6) is -0.328. The van der Waals surface area contributed by atoms with Crippen LogP contribution in [0.15, 0.2) is 28.5 Å². The summed E-state index contributed by atoms with van der Waals surface area (Å²) in [6.07, 6.45) is 2.06. The van der Waals surface area contributed by atoms with Gasteiger partial charge in [-0.05, 0) is 13.0 Å². The van der Waals surface area contributed by atoms with Crippen molar-refractivity contribution >= 4 is 34.3 Å². The van der Waals surface area contributed by atoms with Crippen LogP contribution in [0.5, 0.6) is 0 Å². The average molecular weight is 307 g/mol. The number of halogens is 2. The molecule has 0 radical (unpaired) electrons. The van der Waals surface area contributed by atoms with Gasteiger partial charge in [0.2, 0.25) is 0 Å². The summed E-state index contributed by atoms with van der Waals surface area (Å²) in [7, 11) is 1.35. The quantitative estimate of drug-likeness (QED) is 0.346. The predicted octanol–water partition coefficient (Wildman–Crippen LogP) is 2.46. The number of hydrogen-bond donors (Lipinski definition) is 0. The summed E-state index contributed by atoms with van der Waals surface area (Å²) in [6.45, 7) is 6.22. The Morgan fingerprint density at radius 3 is 2.84 bits per heavy atom. The first-order valence-corrected chi connectivity index (χ1v) is 6.40. The van der Waals surface area contributed by atoms with Gasteiger partial charge in [0.1, 0.15) is 23.1 Å². The third-order valence-electron chi connectivity index (χ3n) is 2.53. The van der Waals surface area contributed by atoms with Crippen molar-refractivity contribution in [3.63, 3.8) is 0 Å². The molecule has 0 bridgehead atoms. The fourth-order valence-corrected chi connectivity index (χ4v) is 2.05. The second kappa shape index (κ2) is 7.53. The largest absolute Gasteiger partial charge is 0.467 e. The molecule has 1 fully saturated rings. The first kappa shape index (κ1) is 16.0. The van der Waals surface area contributed by atoms with Gasteiger partial charge in [-0.3, -0.25) is 0 Å². The number of methoxy groups -OCH3 is 1. The monoisotopic (exact) mass is 306 g/mol. The van der Waals surface area contributed by atoms with Crippen molar-refractivity contribution in [2.24, 2.45) is 4.99 Å². The highest BCUT2D eigenvalue weighted by Crippen LogP contribution is 2.20. The molecule has 1 heterocycles. The van der Waals surface area contributed by atoms with Crippen LogP contribution in [0.2, 0.25) is 0 Å². The number of hydrogen-bond acceptors (Lipinski definition) is 5. The molecule has 1 aliphatic heterocycles. The Kier molecular flexibility index (Phi) is 6.34. The lowest BCUT2D eigenvalue weighted by molar-refractivity contribution is -0.152. The van der Waals surface area contributed by atoms with Crippen LogP contribution in [0.3, 0.4) is 0 Å². The smallest absolute Gasteiger partial charge is 0.328 e. The van der Waals surface area contributed by atoms with Gasteiger partial charge in [-0.1, -0.05) is 29.8 Å². The number of esters is 1. The maximum absolute atomic E-state index is 11.7. The zero-order chi connectivity index (χ0) is 14.4. The van der Waals surface area contributed by atoms with Gasteiger partial charge in [0.15, 0.2) is 0 Å². The number of rotatable bonds is 4. The molecule has 0 spiro atoms. The summed E-state index contributed by atoms with van der Waals surface area (Å²) in [5.41, 5.74) is 0.516. The highest BCUT2D eigenvalue weighted by Gasteiger charge is 2.30. The van der Waals surface area contributed by atoms with Gasteiger partial charge in [-0.15, -0.1) is 0 Å². The van der Waals surface area contributed by atoms with Crippen LogP contribution in [0.4, 0.5) is 0 Å². The van der Waals surface area contributed by atoms with Gasteiger partial charge < -0.3 is 14.4 Å². The van der Waals surface area contributed by atoms with Crippen LogP contribution in [-0.4, -0.2) is 42.5 Å². The second-order valence-corrected chi connectivity index (χ2v) is 4.84. The van der Waals surface area contributed by atoms with Gasteiger partial charge in [-0.2, -0.15) is 0 Å². The molecule has 0 aromatic rings. The molecule has 0 saturated carbocycles. The molecule has 0 amide bonds. The third kappa shape index (κ3) is 4.86. The maximum Gasteiger partial charge on any atom is 0.328 e. The van der Waals surface area contributed by atoms with Crippen molar-refractivity contribution in [3.8, 4) is 0 Å². The van der Waals surface area contributed by atoms with Crippen molar-refractivity contribution in [2.75, 3.05) is 20.4 Å². The number of ether oxygens (including phenoxy) is 2. The van der Waals surface area contributed by atoms with Gasteiger partial charge in [-0.25, -0.2) is 9.79 Å². The van der Waals surface area contributed by atoms with E-state index in [-0.39, 0.29) is 17.9 Å². The zero-order valence-electron chi connectivity index (χ0n) is 10.9. The van der Waals surface area contributed by atoms with Gasteiger partial charge in [0.05, 0.1) is 13.7 Å². The fraction of sp³-hybridized carbons (Fsp3) is 0.500. The Morgan fingerprint density at radius 2 is 2.26 bits per heavy atom. The summed E-state index contributed by atoms with van der Waals surface area (Å²) in [5, 5.41) is 0.500. The van der Waals surface area contributed by atoms with E-state index in [0.29, 0.717) is 23.9 Å². The van der Waals surface area contributed by atoms with Crippen LogP contribution in [0.1, 0.15) is 13.3 Å². The predicted molar refractivity (Wildman–Crippen MR) is 75.1 cm³/mol. The zero-order valence-corrected chi connectivity index (χ0v) is 12.4. The molecule has 0 aliphatic carbocycles. The molecule has 0 aromatic carbocycles. The lowest BCUT2D eigenvalue weighted by atomic mass is 10.1. The summed E-state index contributed by atoms with van der Waals surface area (Å²) in [6, 6.07) is -0.423. The van der Waals surface area contributed by atoms with Gasteiger partial charge >= 0.3 is 5.97 Å². The standard InChI is InChI=1S/C12H16Cl2N2O3/c1-8(6-11(14)15-9(2)13)16-7-19-5-4-10(16)12(17)18-3/h6,10H,1,4-5,7H2,2-3H3/b11-6-,15-9+. The lowest BCUT2D eigenvalue weighted by Crippen LogP contribution is -2.46. The van der Waals surface area contributed by atoms with Gasteiger partial charge in [0, 0.05) is 12.1 Å². The first-order valence-electron chi connectivity index (χ1n) is 5.64. The Labute approximate surface area is 122 Å². The topological polar surface area (TPSA) is 51.1 Å². The molecule has 1 saturated heterocycles. The number of nitrogens with zero attached hydrogens (tertiary/aromatic N) is 2. The average Bonchev–Trinajstić information content (AvgIpc) is 2.36. The van der Waals surface area contributed by atoms with Crippen molar-refractivity contribution < 1.29 is 14.3 Å². The minimum Gasteiger partial charge on any atom is -0.467 e. The molecule has 0 N–H and O–H groups in total. The summed E-state index contributed by atoms with van der Waals surface area (Å²) in [4.78, 5) is 17.2. The molecule has 19 heavy (non-hydrogen) atoms. The van der Waals surface area contributed by atoms with Crippen LogP contribution < -0.4 is 0 Å². The number of allylic oxidation sites excluding steroid dienone is 1. The van der Waals surface area contributed by atoms with Crippen LogP contribution in [-0.2, 0) is 14.3 Å². The molecule has 1 rings (SSSR count). The third-order valence-corrected chi connectivity index (χ3v) is 2.81. The van der Waals surface area contributed by atoms with Crippen molar-refractivity contribution in [1.82, 2.24) is 4.90 Å².